The fraction of sp³-hybridized carbons (Fsp3) is 0.414. The molecule has 0 unspecified atom stereocenters. The van der Waals surface area contributed by atoms with Gasteiger partial charge in [-0.05, 0) is 25.3 Å². The number of nitrogens with zero attached hydrogens (tertiary/aromatic N) is 4. The number of thioether (sulfide) groups is 1. The van der Waals surface area contributed by atoms with Gasteiger partial charge in [0.1, 0.15) is 47.2 Å². The van der Waals surface area contributed by atoms with Crippen molar-refractivity contribution in [3.63, 3.8) is 0 Å². The summed E-state index contributed by atoms with van der Waals surface area (Å²) in [5.74, 6) is -6.27. The van der Waals surface area contributed by atoms with Crippen molar-refractivity contribution in [2.45, 2.75) is 49.2 Å². The third-order valence-corrected chi connectivity index (χ3v) is 9.70. The quantitative estimate of drug-likeness (QED) is 0.278. The van der Waals surface area contributed by atoms with Crippen LogP contribution in [-0.2, 0) is 19.1 Å². The molecule has 15 nitrogen and oxygen atoms in total. The summed E-state index contributed by atoms with van der Waals surface area (Å²) in [5.41, 5.74) is -2.41. The number of anilines is 1. The Kier molecular flexibility index (Phi) is 8.26. The van der Waals surface area contributed by atoms with E-state index in [-0.39, 0.29) is 53.5 Å². The Hall–Kier alpha value is -5.18. The lowest BCUT2D eigenvalue weighted by atomic mass is 10.0. The number of pyridine rings is 1. The Morgan fingerprint density at radius 3 is 2.51 bits per heavy atom. The number of carboxylic acids is 2. The zero-order valence-electron chi connectivity index (χ0n) is 24.3. The Labute approximate surface area is 267 Å². The number of β-lactam (4-membered cyclic amide) rings is 1. The van der Waals surface area contributed by atoms with Gasteiger partial charge < -0.3 is 35.1 Å². The van der Waals surface area contributed by atoms with Gasteiger partial charge in [0.25, 0.3) is 5.91 Å². The number of aromatic nitrogens is 1. The Morgan fingerprint density at radius 2 is 1.85 bits per heavy atom. The summed E-state index contributed by atoms with van der Waals surface area (Å²) < 4.78 is 37.9. The number of hydrogen-bond acceptors (Lipinski definition) is 10. The van der Waals surface area contributed by atoms with Crippen LogP contribution in [0.15, 0.2) is 28.3 Å². The third-order valence-electron chi connectivity index (χ3n) is 8.36. The molecule has 0 spiro atoms. The predicted molar refractivity (Wildman–Crippen MR) is 158 cm³/mol. The summed E-state index contributed by atoms with van der Waals surface area (Å²) in [4.78, 5) is 75.8. The first-order valence-electron chi connectivity index (χ1n) is 14.5. The van der Waals surface area contributed by atoms with Crippen molar-refractivity contribution in [3.8, 4) is 6.07 Å². The maximum absolute atomic E-state index is 16.0. The molecule has 0 bridgehead atoms. The number of alkyl carbamates (subject to hydrolysis) is 1. The SMILES string of the molecule is N#CCC(=O)N[C@@H]1C(=O)N2C(C(=O)O)=C(COC(=O)N[C@H]3CCN(c4c(F)cc5c(=O)c(C(=O)O)cn(C6CC6)c5c4F)C3)CS[C@H]12. The number of rotatable bonds is 9. The first kappa shape index (κ1) is 31.8. The Morgan fingerprint density at radius 1 is 1.11 bits per heavy atom. The summed E-state index contributed by atoms with van der Waals surface area (Å²) in [6, 6.07) is 0.659. The maximum atomic E-state index is 16.0. The van der Waals surface area contributed by atoms with Gasteiger partial charge in [-0.25, -0.2) is 23.2 Å². The number of carbonyl (C=O) groups excluding carboxylic acids is 3. The van der Waals surface area contributed by atoms with Crippen molar-refractivity contribution < 1.29 is 47.7 Å². The van der Waals surface area contributed by atoms with Gasteiger partial charge in [-0.1, -0.05) is 0 Å². The van der Waals surface area contributed by atoms with E-state index in [4.69, 9.17) is 10.00 Å². The molecule has 18 heteroatoms. The van der Waals surface area contributed by atoms with E-state index >= 15 is 8.78 Å². The molecule has 3 atom stereocenters. The summed E-state index contributed by atoms with van der Waals surface area (Å²) in [6.45, 7) is -0.373. The number of nitriles is 1. The van der Waals surface area contributed by atoms with E-state index < -0.39 is 88.6 Å². The molecular formula is C29H26F2N6O9S. The van der Waals surface area contributed by atoms with Gasteiger partial charge in [0.2, 0.25) is 11.3 Å². The normalized spacial score (nSPS) is 22.0. The van der Waals surface area contributed by atoms with Crippen molar-refractivity contribution in [1.82, 2.24) is 20.1 Å². The molecule has 4 heterocycles. The van der Waals surface area contributed by atoms with E-state index in [1.165, 1.54) is 9.47 Å². The largest absolute Gasteiger partial charge is 0.477 e. The lowest BCUT2D eigenvalue weighted by Gasteiger charge is -2.49. The molecular weight excluding hydrogens is 646 g/mol. The van der Waals surface area contributed by atoms with Crippen molar-refractivity contribution in [2.24, 2.45) is 0 Å². The fourth-order valence-corrected chi connectivity index (χ4v) is 7.37. The molecule has 6 rings (SSSR count). The fourth-order valence-electron chi connectivity index (χ4n) is 6.05. The molecule has 1 saturated carbocycles. The zero-order valence-corrected chi connectivity index (χ0v) is 25.1. The highest BCUT2D eigenvalue weighted by Gasteiger charge is 2.54. The Bertz CT molecular complexity index is 1890. The van der Waals surface area contributed by atoms with Crippen LogP contribution in [0.3, 0.4) is 0 Å². The van der Waals surface area contributed by atoms with Crippen molar-refractivity contribution in [3.05, 3.63) is 51.0 Å². The monoisotopic (exact) mass is 672 g/mol. The van der Waals surface area contributed by atoms with Crippen LogP contribution in [0, 0.1) is 23.0 Å². The van der Waals surface area contributed by atoms with Gasteiger partial charge in [-0.2, -0.15) is 5.26 Å². The molecule has 4 N–H and O–H groups in total. The second-order valence-electron chi connectivity index (χ2n) is 11.4. The van der Waals surface area contributed by atoms with Crippen LogP contribution in [0.1, 0.15) is 42.1 Å². The smallest absolute Gasteiger partial charge is 0.407 e. The highest BCUT2D eigenvalue weighted by atomic mass is 32.2. The van der Waals surface area contributed by atoms with E-state index in [2.05, 4.69) is 10.6 Å². The summed E-state index contributed by atoms with van der Waals surface area (Å²) in [7, 11) is 0. The van der Waals surface area contributed by atoms with Crippen LogP contribution >= 0.6 is 11.8 Å². The van der Waals surface area contributed by atoms with Gasteiger partial charge >= 0.3 is 18.0 Å². The number of carboxylic acid groups (broad SMARTS) is 2. The summed E-state index contributed by atoms with van der Waals surface area (Å²) >= 11 is 1.16. The van der Waals surface area contributed by atoms with Gasteiger partial charge in [-0.3, -0.25) is 19.3 Å². The molecule has 3 aliphatic heterocycles. The summed E-state index contributed by atoms with van der Waals surface area (Å²) in [6.07, 6.45) is 1.24. The molecule has 246 valence electrons. The highest BCUT2D eigenvalue weighted by Crippen LogP contribution is 2.41. The molecule has 2 aromatic rings. The number of nitrogens with one attached hydrogen (secondary N) is 2. The molecule has 3 amide bonds. The van der Waals surface area contributed by atoms with E-state index in [1.54, 1.807) is 6.07 Å². The number of aromatic carboxylic acids is 1. The molecule has 3 fully saturated rings. The highest BCUT2D eigenvalue weighted by molar-refractivity contribution is 8.00. The van der Waals surface area contributed by atoms with Crippen LogP contribution in [0.5, 0.6) is 0 Å². The van der Waals surface area contributed by atoms with E-state index in [9.17, 15) is 39.0 Å². The number of halogens is 2. The number of ether oxygens (including phenoxy) is 1. The molecule has 1 aromatic carbocycles. The average Bonchev–Trinajstić information content (AvgIpc) is 3.77. The van der Waals surface area contributed by atoms with Crippen molar-refractivity contribution >= 4 is 58.2 Å². The number of carbonyl (C=O) groups is 5. The summed E-state index contributed by atoms with van der Waals surface area (Å²) in [5, 5.41) is 31.8. The van der Waals surface area contributed by atoms with Crippen LogP contribution in [0.25, 0.3) is 10.9 Å². The molecule has 1 aliphatic carbocycles. The van der Waals surface area contributed by atoms with E-state index in [0.29, 0.717) is 12.8 Å². The van der Waals surface area contributed by atoms with Crippen molar-refractivity contribution in [1.29, 1.82) is 5.26 Å². The second-order valence-corrected chi connectivity index (χ2v) is 12.5. The minimum atomic E-state index is -1.50. The molecule has 47 heavy (non-hydrogen) atoms. The molecule has 4 aliphatic rings. The third kappa shape index (κ3) is 5.71. The number of hydrogen-bond donors (Lipinski definition) is 4. The minimum Gasteiger partial charge on any atom is -0.477 e. The van der Waals surface area contributed by atoms with E-state index in [0.717, 1.165) is 28.9 Å². The van der Waals surface area contributed by atoms with Gasteiger partial charge in [0, 0.05) is 36.7 Å². The standard InChI is InChI=1S/C29H26F2N6O9S/c30-17-7-15-22(36(14-1-2-14)9-16(24(15)39)27(41)42)19(31)23(17)35-6-4-13(8-35)33-29(45)46-10-12-11-47-26-20(34-18(38)3-5-32)25(40)37(26)21(12)28(43)44/h7,9,13-14,20,26H,1-4,6,8,10-11H2,(H,33,45)(H,34,38)(H,41,42)(H,43,44)/t13-,20+,26+/m0/s1. The number of aliphatic carboxylic acids is 1. The molecule has 0 radical (unpaired) electrons. The van der Waals surface area contributed by atoms with Crippen LogP contribution in [0.4, 0.5) is 19.3 Å². The van der Waals surface area contributed by atoms with Crippen LogP contribution < -0.4 is 21.0 Å². The topological polar surface area (TPSA) is 211 Å². The van der Waals surface area contributed by atoms with Crippen LogP contribution in [0.2, 0.25) is 0 Å². The maximum Gasteiger partial charge on any atom is 0.407 e. The van der Waals surface area contributed by atoms with Crippen molar-refractivity contribution in [2.75, 3.05) is 30.3 Å². The number of amides is 3. The van der Waals surface area contributed by atoms with Crippen LogP contribution in [-0.4, -0.2) is 92.4 Å². The second kappa shape index (κ2) is 12.2. The first-order chi connectivity index (χ1) is 22.4. The Balaban J connectivity index is 1.12. The first-order valence-corrected chi connectivity index (χ1v) is 15.5. The lowest BCUT2D eigenvalue weighted by molar-refractivity contribution is -0.150. The van der Waals surface area contributed by atoms with Gasteiger partial charge in [0.05, 0.1) is 23.0 Å². The number of fused-ring (bicyclic) bond motifs is 2. The average molecular weight is 673 g/mol. The van der Waals surface area contributed by atoms with E-state index in [1.807, 2.05) is 0 Å². The number of benzene rings is 1. The minimum absolute atomic E-state index is 0.0306. The molecule has 1 aromatic heterocycles. The predicted octanol–water partition coefficient (Wildman–Crippen LogP) is 1.27. The zero-order chi connectivity index (χ0) is 33.7. The van der Waals surface area contributed by atoms with Gasteiger partial charge in [0.15, 0.2) is 5.82 Å². The molecule has 2 saturated heterocycles. The van der Waals surface area contributed by atoms with Gasteiger partial charge in [-0.15, -0.1) is 11.8 Å². The lowest BCUT2D eigenvalue weighted by Crippen LogP contribution is -2.70.